The SMILES string of the molecule is O=C(NCC1(CN2CCOCC2)CCOCC1)c1ccn(COc2ccc(F)cc2)n1. The molecule has 31 heavy (non-hydrogen) atoms. The van der Waals surface area contributed by atoms with Crippen molar-refractivity contribution < 1.29 is 23.4 Å². The molecule has 2 fully saturated rings. The first kappa shape index (κ1) is 21.7. The predicted molar refractivity (Wildman–Crippen MR) is 111 cm³/mol. The van der Waals surface area contributed by atoms with Crippen LogP contribution in [0, 0.1) is 11.2 Å². The predicted octanol–water partition coefficient (Wildman–Crippen LogP) is 1.92. The first-order chi connectivity index (χ1) is 15.1. The van der Waals surface area contributed by atoms with E-state index in [2.05, 4.69) is 15.3 Å². The summed E-state index contributed by atoms with van der Waals surface area (Å²) >= 11 is 0. The van der Waals surface area contributed by atoms with E-state index in [1.807, 2.05) is 0 Å². The normalized spacial score (nSPS) is 19.1. The fraction of sp³-hybridized carbons (Fsp3) is 0.545. The van der Waals surface area contributed by atoms with E-state index in [0.29, 0.717) is 18.0 Å². The van der Waals surface area contributed by atoms with Crippen LogP contribution >= 0.6 is 0 Å². The molecule has 0 saturated carbocycles. The summed E-state index contributed by atoms with van der Waals surface area (Å²) in [6.07, 6.45) is 3.53. The third-order valence-electron chi connectivity index (χ3n) is 5.89. The van der Waals surface area contributed by atoms with Crippen molar-refractivity contribution in [2.45, 2.75) is 19.6 Å². The molecule has 0 unspecified atom stereocenters. The lowest BCUT2D eigenvalue weighted by Gasteiger charge is -2.42. The van der Waals surface area contributed by atoms with E-state index in [-0.39, 0.29) is 23.9 Å². The summed E-state index contributed by atoms with van der Waals surface area (Å²) in [5.41, 5.74) is 0.343. The lowest BCUT2D eigenvalue weighted by atomic mass is 9.79. The number of benzene rings is 1. The fourth-order valence-electron chi connectivity index (χ4n) is 4.01. The van der Waals surface area contributed by atoms with Crippen molar-refractivity contribution in [3.05, 3.63) is 48.0 Å². The average molecular weight is 432 g/mol. The van der Waals surface area contributed by atoms with Crippen LogP contribution < -0.4 is 10.1 Å². The van der Waals surface area contributed by atoms with Crippen molar-refractivity contribution >= 4 is 5.91 Å². The number of halogens is 1. The topological polar surface area (TPSA) is 77.9 Å². The summed E-state index contributed by atoms with van der Waals surface area (Å²) in [6.45, 7) is 6.46. The zero-order chi connectivity index (χ0) is 21.5. The maximum atomic E-state index is 13.0. The summed E-state index contributed by atoms with van der Waals surface area (Å²) < 4.78 is 31.1. The van der Waals surface area contributed by atoms with E-state index in [1.165, 1.54) is 16.8 Å². The molecule has 0 radical (unpaired) electrons. The summed E-state index contributed by atoms with van der Waals surface area (Å²) in [5, 5.41) is 7.38. The molecule has 2 saturated heterocycles. The Kier molecular flexibility index (Phi) is 7.16. The van der Waals surface area contributed by atoms with E-state index >= 15 is 0 Å². The van der Waals surface area contributed by atoms with Gasteiger partial charge in [0.15, 0.2) is 6.73 Å². The lowest BCUT2D eigenvalue weighted by molar-refractivity contribution is -0.0283. The Morgan fingerprint density at radius 2 is 1.81 bits per heavy atom. The molecule has 4 rings (SSSR count). The molecule has 9 heteroatoms. The molecule has 0 aliphatic carbocycles. The number of amides is 1. The van der Waals surface area contributed by atoms with Crippen LogP contribution in [0.3, 0.4) is 0 Å². The molecule has 0 spiro atoms. The van der Waals surface area contributed by atoms with Crippen LogP contribution in [0.1, 0.15) is 23.3 Å². The van der Waals surface area contributed by atoms with Crippen LogP contribution in [0.15, 0.2) is 36.5 Å². The molecular formula is C22H29FN4O4. The van der Waals surface area contributed by atoms with Crippen molar-refractivity contribution in [1.29, 1.82) is 0 Å². The van der Waals surface area contributed by atoms with Gasteiger partial charge >= 0.3 is 0 Å². The van der Waals surface area contributed by atoms with Gasteiger partial charge in [0.05, 0.1) is 13.2 Å². The van der Waals surface area contributed by atoms with E-state index < -0.39 is 0 Å². The van der Waals surface area contributed by atoms with Crippen molar-refractivity contribution in [3.8, 4) is 5.75 Å². The number of morpholine rings is 1. The Morgan fingerprint density at radius 1 is 1.10 bits per heavy atom. The standard InChI is InChI=1S/C22H29FN4O4/c23-18-1-3-19(4-2-18)31-17-27-8-5-20(25-27)21(28)24-15-22(6-11-29-12-7-22)16-26-9-13-30-14-10-26/h1-5,8H,6-7,9-17H2,(H,24,28). The number of hydrogen-bond donors (Lipinski definition) is 1. The Bertz CT molecular complexity index is 845. The summed E-state index contributed by atoms with van der Waals surface area (Å²) in [5.74, 6) is 0.0159. The maximum Gasteiger partial charge on any atom is 0.271 e. The van der Waals surface area contributed by atoms with Gasteiger partial charge < -0.3 is 19.5 Å². The molecule has 8 nitrogen and oxygen atoms in total. The largest absolute Gasteiger partial charge is 0.471 e. The Balaban J connectivity index is 1.30. The third kappa shape index (κ3) is 6.03. The van der Waals surface area contributed by atoms with Crippen LogP contribution in [-0.4, -0.2) is 73.2 Å². The number of hydrogen-bond acceptors (Lipinski definition) is 6. The molecule has 1 N–H and O–H groups in total. The number of carbonyl (C=O) groups excluding carboxylic acids is 1. The van der Waals surface area contributed by atoms with Crippen LogP contribution in [0.4, 0.5) is 4.39 Å². The highest BCUT2D eigenvalue weighted by atomic mass is 19.1. The second-order valence-electron chi connectivity index (χ2n) is 8.15. The van der Waals surface area contributed by atoms with Crippen LogP contribution in [0.25, 0.3) is 0 Å². The maximum absolute atomic E-state index is 13.0. The lowest BCUT2D eigenvalue weighted by Crippen LogP contribution is -2.50. The zero-order valence-electron chi connectivity index (χ0n) is 17.6. The Labute approximate surface area is 181 Å². The second kappa shape index (κ2) is 10.2. The second-order valence-corrected chi connectivity index (χ2v) is 8.15. The summed E-state index contributed by atoms with van der Waals surface area (Å²) in [4.78, 5) is 15.1. The molecule has 3 heterocycles. The molecule has 1 aromatic carbocycles. The van der Waals surface area contributed by atoms with Crippen LogP contribution in [0.5, 0.6) is 5.75 Å². The highest BCUT2D eigenvalue weighted by molar-refractivity contribution is 5.92. The molecule has 0 bridgehead atoms. The van der Waals surface area contributed by atoms with Gasteiger partial charge in [-0.25, -0.2) is 9.07 Å². The molecule has 2 aromatic rings. The number of rotatable bonds is 8. The van der Waals surface area contributed by atoms with E-state index in [4.69, 9.17) is 14.2 Å². The van der Waals surface area contributed by atoms with Crippen molar-refractivity contribution in [3.63, 3.8) is 0 Å². The Hall–Kier alpha value is -2.49. The van der Waals surface area contributed by atoms with E-state index in [1.54, 1.807) is 24.4 Å². The van der Waals surface area contributed by atoms with E-state index in [9.17, 15) is 9.18 Å². The quantitative estimate of drug-likeness (QED) is 0.687. The molecule has 2 aliphatic heterocycles. The fourth-order valence-corrected chi connectivity index (χ4v) is 4.01. The first-order valence-corrected chi connectivity index (χ1v) is 10.7. The molecule has 1 aromatic heterocycles. The van der Waals surface area contributed by atoms with Crippen molar-refractivity contribution in [1.82, 2.24) is 20.0 Å². The monoisotopic (exact) mass is 432 g/mol. The first-order valence-electron chi connectivity index (χ1n) is 10.7. The van der Waals surface area contributed by atoms with Gasteiger partial charge in [-0.15, -0.1) is 0 Å². The van der Waals surface area contributed by atoms with Gasteiger partial charge in [-0.1, -0.05) is 0 Å². The highest BCUT2D eigenvalue weighted by Gasteiger charge is 2.35. The van der Waals surface area contributed by atoms with Gasteiger partial charge in [0, 0.05) is 51.0 Å². The Morgan fingerprint density at radius 3 is 2.55 bits per heavy atom. The number of ether oxygens (including phenoxy) is 3. The van der Waals surface area contributed by atoms with E-state index in [0.717, 1.165) is 58.9 Å². The molecule has 1 amide bonds. The number of aromatic nitrogens is 2. The van der Waals surface area contributed by atoms with Gasteiger partial charge in [-0.2, -0.15) is 5.10 Å². The highest BCUT2D eigenvalue weighted by Crippen LogP contribution is 2.31. The summed E-state index contributed by atoms with van der Waals surface area (Å²) in [6, 6.07) is 7.44. The van der Waals surface area contributed by atoms with Gasteiger partial charge in [0.1, 0.15) is 17.3 Å². The van der Waals surface area contributed by atoms with Gasteiger partial charge in [-0.3, -0.25) is 9.69 Å². The number of nitrogens with one attached hydrogen (secondary N) is 1. The van der Waals surface area contributed by atoms with Crippen molar-refractivity contribution in [2.24, 2.45) is 5.41 Å². The third-order valence-corrected chi connectivity index (χ3v) is 5.89. The average Bonchev–Trinajstić information content (AvgIpc) is 3.28. The molecular weight excluding hydrogens is 403 g/mol. The minimum absolute atomic E-state index is 0.000486. The van der Waals surface area contributed by atoms with Crippen molar-refractivity contribution in [2.75, 3.05) is 52.6 Å². The molecule has 2 aliphatic rings. The molecule has 0 atom stereocenters. The number of nitrogens with zero attached hydrogens (tertiary/aromatic N) is 3. The zero-order valence-corrected chi connectivity index (χ0v) is 17.6. The van der Waals surface area contributed by atoms with Gasteiger partial charge in [-0.05, 0) is 43.2 Å². The smallest absolute Gasteiger partial charge is 0.271 e. The number of carbonyl (C=O) groups is 1. The van der Waals surface area contributed by atoms with Crippen LogP contribution in [-0.2, 0) is 16.2 Å². The summed E-state index contributed by atoms with van der Waals surface area (Å²) in [7, 11) is 0. The molecule has 168 valence electrons. The van der Waals surface area contributed by atoms with Gasteiger partial charge in [0.25, 0.3) is 5.91 Å². The van der Waals surface area contributed by atoms with Gasteiger partial charge in [0.2, 0.25) is 0 Å². The minimum atomic E-state index is -0.318. The van der Waals surface area contributed by atoms with Crippen LogP contribution in [0.2, 0.25) is 0 Å². The minimum Gasteiger partial charge on any atom is -0.471 e.